The fourth-order valence-corrected chi connectivity index (χ4v) is 4.24. The molecule has 5 nitrogen and oxygen atoms in total. The number of rotatable bonds is 8. The molecule has 0 aliphatic heterocycles. The van der Waals surface area contributed by atoms with E-state index in [1.807, 2.05) is 79.9 Å². The maximum atomic E-state index is 12.9. The normalized spacial score (nSPS) is 12.2. The molecule has 4 aromatic rings. The second-order valence-electron chi connectivity index (χ2n) is 8.38. The Kier molecular flexibility index (Phi) is 7.14. The summed E-state index contributed by atoms with van der Waals surface area (Å²) in [6.45, 7) is 0.458. The monoisotopic (exact) mass is 454 g/mol. The van der Waals surface area contributed by atoms with Gasteiger partial charge in [0.05, 0.1) is 18.9 Å². The third-order valence-corrected chi connectivity index (χ3v) is 6.20. The zero-order chi connectivity index (χ0) is 24.1. The summed E-state index contributed by atoms with van der Waals surface area (Å²) in [6.07, 6.45) is 3.39. The smallest absolute Gasteiger partial charge is 0.246 e. The van der Waals surface area contributed by atoms with E-state index in [2.05, 4.69) is 16.7 Å². The molecule has 1 amide bonds. The van der Waals surface area contributed by atoms with Gasteiger partial charge in [-0.15, -0.1) is 0 Å². The van der Waals surface area contributed by atoms with E-state index in [9.17, 15) is 9.90 Å². The maximum absolute atomic E-state index is 12.9. The molecule has 174 valence electrons. The molecule has 0 aliphatic carbocycles. The van der Waals surface area contributed by atoms with Crippen LogP contribution >= 0.6 is 0 Å². The fourth-order valence-electron chi connectivity index (χ4n) is 4.24. The van der Waals surface area contributed by atoms with Crippen LogP contribution in [0.2, 0.25) is 0 Å². The Morgan fingerprint density at radius 1 is 1.03 bits per heavy atom. The second-order valence-corrected chi connectivity index (χ2v) is 8.38. The summed E-state index contributed by atoms with van der Waals surface area (Å²) in [4.78, 5) is 14.5. The first-order valence-electron chi connectivity index (χ1n) is 11.4. The van der Waals surface area contributed by atoms with Gasteiger partial charge >= 0.3 is 0 Å². The Hall–Kier alpha value is -3.83. The van der Waals surface area contributed by atoms with Crippen LogP contribution in [-0.2, 0) is 11.8 Å². The van der Waals surface area contributed by atoms with Gasteiger partial charge in [-0.1, -0.05) is 48.5 Å². The number of ether oxygens (including phenoxy) is 1. The van der Waals surface area contributed by atoms with Gasteiger partial charge in [0.25, 0.3) is 0 Å². The molecule has 0 spiro atoms. The number of carbonyl (C=O) groups is 1. The van der Waals surface area contributed by atoms with Crippen molar-refractivity contribution in [2.75, 3.05) is 20.7 Å². The van der Waals surface area contributed by atoms with Gasteiger partial charge in [-0.3, -0.25) is 4.79 Å². The van der Waals surface area contributed by atoms with Gasteiger partial charge in [-0.2, -0.15) is 0 Å². The van der Waals surface area contributed by atoms with Crippen LogP contribution in [0.5, 0.6) is 5.75 Å². The van der Waals surface area contributed by atoms with Crippen molar-refractivity contribution in [3.05, 3.63) is 96.1 Å². The van der Waals surface area contributed by atoms with Gasteiger partial charge in [-0.05, 0) is 54.0 Å². The number of hydrogen-bond donors (Lipinski definition) is 1. The van der Waals surface area contributed by atoms with E-state index in [-0.39, 0.29) is 5.91 Å². The lowest BCUT2D eigenvalue weighted by Gasteiger charge is -2.18. The minimum atomic E-state index is -0.597. The molecular weight excluding hydrogens is 424 g/mol. The molecule has 1 N–H and O–H groups in total. The van der Waals surface area contributed by atoms with Gasteiger partial charge in [0.2, 0.25) is 5.91 Å². The molecule has 34 heavy (non-hydrogen) atoms. The van der Waals surface area contributed by atoms with E-state index in [1.54, 1.807) is 25.1 Å². The standard InChI is InChI=1S/C29H30N2O3/c1-30(20-19-27(32)21-9-5-4-6-10-21)28(33)18-17-25-24-11-7-8-12-26(24)31(2)29(25)22-13-15-23(34-3)16-14-22/h4-18,27,32H,19-20H2,1-3H3/b18-17+. The first-order chi connectivity index (χ1) is 16.5. The highest BCUT2D eigenvalue weighted by atomic mass is 16.5. The number of aliphatic hydroxyl groups is 1. The lowest BCUT2D eigenvalue weighted by Crippen LogP contribution is -2.27. The van der Waals surface area contributed by atoms with Gasteiger partial charge in [0.1, 0.15) is 5.75 Å². The summed E-state index contributed by atoms with van der Waals surface area (Å²) >= 11 is 0. The molecule has 1 heterocycles. The van der Waals surface area contributed by atoms with Gasteiger partial charge in [0.15, 0.2) is 0 Å². The van der Waals surface area contributed by atoms with Crippen molar-refractivity contribution < 1.29 is 14.6 Å². The molecule has 4 rings (SSSR count). The largest absolute Gasteiger partial charge is 0.497 e. The van der Waals surface area contributed by atoms with E-state index < -0.39 is 6.10 Å². The molecule has 0 saturated carbocycles. The van der Waals surface area contributed by atoms with Crippen molar-refractivity contribution in [3.8, 4) is 17.0 Å². The average molecular weight is 455 g/mol. The van der Waals surface area contributed by atoms with E-state index in [4.69, 9.17) is 4.74 Å². The Balaban J connectivity index is 1.57. The minimum absolute atomic E-state index is 0.103. The first-order valence-corrected chi connectivity index (χ1v) is 11.4. The zero-order valence-corrected chi connectivity index (χ0v) is 19.8. The third-order valence-electron chi connectivity index (χ3n) is 6.20. The lowest BCUT2D eigenvalue weighted by molar-refractivity contribution is -0.125. The highest BCUT2D eigenvalue weighted by Crippen LogP contribution is 2.34. The van der Waals surface area contributed by atoms with Crippen LogP contribution in [-0.4, -0.2) is 41.2 Å². The zero-order valence-electron chi connectivity index (χ0n) is 19.8. The predicted molar refractivity (Wildman–Crippen MR) is 138 cm³/mol. The number of benzene rings is 3. The molecule has 0 aliphatic rings. The number of para-hydroxylation sites is 1. The molecule has 1 aromatic heterocycles. The number of likely N-dealkylation sites (N-methyl/N-ethyl adjacent to an activating group) is 1. The van der Waals surface area contributed by atoms with Gasteiger partial charge in [0, 0.05) is 43.2 Å². The van der Waals surface area contributed by atoms with Crippen LogP contribution in [0, 0.1) is 0 Å². The summed E-state index contributed by atoms with van der Waals surface area (Å²) in [6, 6.07) is 25.7. The summed E-state index contributed by atoms with van der Waals surface area (Å²) in [7, 11) is 5.46. The predicted octanol–water partition coefficient (Wildman–Crippen LogP) is 5.45. The summed E-state index contributed by atoms with van der Waals surface area (Å²) in [5.41, 5.74) is 5.04. The second kappa shape index (κ2) is 10.4. The Morgan fingerprint density at radius 2 is 1.71 bits per heavy atom. The van der Waals surface area contributed by atoms with Gasteiger partial charge < -0.3 is 19.3 Å². The number of nitrogens with zero attached hydrogens (tertiary/aromatic N) is 2. The maximum Gasteiger partial charge on any atom is 0.246 e. The Bertz CT molecular complexity index is 1290. The molecule has 0 saturated heterocycles. The third kappa shape index (κ3) is 4.90. The van der Waals surface area contributed by atoms with Crippen molar-refractivity contribution in [2.45, 2.75) is 12.5 Å². The average Bonchev–Trinajstić information content (AvgIpc) is 3.17. The highest BCUT2D eigenvalue weighted by molar-refractivity contribution is 6.01. The number of aromatic nitrogens is 1. The molecule has 5 heteroatoms. The highest BCUT2D eigenvalue weighted by Gasteiger charge is 2.16. The van der Waals surface area contributed by atoms with Crippen LogP contribution in [0.25, 0.3) is 28.2 Å². The van der Waals surface area contributed by atoms with Crippen molar-refractivity contribution in [2.24, 2.45) is 7.05 Å². The Labute approximate surface area is 200 Å². The van der Waals surface area contributed by atoms with E-state index >= 15 is 0 Å². The number of amides is 1. The van der Waals surface area contributed by atoms with Crippen molar-refractivity contribution in [1.82, 2.24) is 9.47 Å². The summed E-state index contributed by atoms with van der Waals surface area (Å²) in [5.74, 6) is 0.697. The molecule has 3 aromatic carbocycles. The van der Waals surface area contributed by atoms with Gasteiger partial charge in [-0.25, -0.2) is 0 Å². The summed E-state index contributed by atoms with van der Waals surface area (Å²) in [5, 5.41) is 11.5. The Morgan fingerprint density at radius 3 is 2.41 bits per heavy atom. The number of aliphatic hydroxyl groups excluding tert-OH is 1. The minimum Gasteiger partial charge on any atom is -0.497 e. The van der Waals surface area contributed by atoms with Crippen molar-refractivity contribution in [1.29, 1.82) is 0 Å². The van der Waals surface area contributed by atoms with Crippen molar-refractivity contribution in [3.63, 3.8) is 0 Å². The van der Waals surface area contributed by atoms with Crippen LogP contribution < -0.4 is 4.74 Å². The summed E-state index contributed by atoms with van der Waals surface area (Å²) < 4.78 is 7.46. The number of hydrogen-bond acceptors (Lipinski definition) is 3. The fraction of sp³-hybridized carbons (Fsp3) is 0.207. The topological polar surface area (TPSA) is 54.7 Å². The van der Waals surface area contributed by atoms with Crippen LogP contribution in [0.15, 0.2) is 84.9 Å². The van der Waals surface area contributed by atoms with Crippen LogP contribution in [0.1, 0.15) is 23.7 Å². The number of carbonyl (C=O) groups excluding carboxylic acids is 1. The molecule has 1 unspecified atom stereocenters. The van der Waals surface area contributed by atoms with E-state index in [0.29, 0.717) is 13.0 Å². The molecule has 0 bridgehead atoms. The van der Waals surface area contributed by atoms with Crippen LogP contribution in [0.3, 0.4) is 0 Å². The molecule has 0 fully saturated rings. The van der Waals surface area contributed by atoms with E-state index in [1.165, 1.54) is 0 Å². The first kappa shape index (κ1) is 23.3. The van der Waals surface area contributed by atoms with Crippen LogP contribution in [0.4, 0.5) is 0 Å². The van der Waals surface area contributed by atoms with E-state index in [0.717, 1.165) is 39.0 Å². The number of fused-ring (bicyclic) bond motifs is 1. The molecule has 1 atom stereocenters. The number of methoxy groups -OCH3 is 1. The van der Waals surface area contributed by atoms with Crippen molar-refractivity contribution >= 4 is 22.9 Å². The number of aryl methyl sites for hydroxylation is 1. The molecular formula is C29H30N2O3. The molecule has 0 radical (unpaired) electrons. The SMILES string of the molecule is COc1ccc(-c2c(/C=C/C(=O)N(C)CCC(O)c3ccccc3)c3ccccc3n2C)cc1. The lowest BCUT2D eigenvalue weighted by atomic mass is 10.0. The quantitative estimate of drug-likeness (QED) is 0.360.